The summed E-state index contributed by atoms with van der Waals surface area (Å²) in [5, 5.41) is 13.3. The summed E-state index contributed by atoms with van der Waals surface area (Å²) < 4.78 is 5.29. The van der Waals surface area contributed by atoms with E-state index in [0.29, 0.717) is 5.82 Å². The first-order valence-electron chi connectivity index (χ1n) is 6.86. The summed E-state index contributed by atoms with van der Waals surface area (Å²) in [6, 6.07) is -0.417. The number of aliphatic hydroxyl groups excluding tert-OH is 1. The number of aromatic nitrogens is 2. The topological polar surface area (TPSA) is 114 Å². The molecule has 1 fully saturated rings. The largest absolute Gasteiger partial charge is 0.444 e. The zero-order valence-corrected chi connectivity index (χ0v) is 13.5. The molecule has 0 spiro atoms. The van der Waals surface area contributed by atoms with Gasteiger partial charge in [-0.05, 0) is 20.8 Å². The number of anilines is 2. The van der Waals surface area contributed by atoms with Gasteiger partial charge in [-0.1, -0.05) is 11.6 Å². The number of nitrogens with zero attached hydrogens (tertiary/aromatic N) is 3. The van der Waals surface area contributed by atoms with Gasteiger partial charge in [-0.2, -0.15) is 0 Å². The van der Waals surface area contributed by atoms with Crippen LogP contribution in [0.1, 0.15) is 20.8 Å². The van der Waals surface area contributed by atoms with Crippen molar-refractivity contribution in [3.05, 3.63) is 11.3 Å². The second kappa shape index (κ2) is 6.13. The molecule has 0 radical (unpaired) electrons. The molecule has 2 heterocycles. The molecule has 0 aromatic carbocycles. The van der Waals surface area contributed by atoms with Crippen molar-refractivity contribution < 1.29 is 14.6 Å². The van der Waals surface area contributed by atoms with Crippen LogP contribution in [-0.2, 0) is 4.74 Å². The van der Waals surface area contributed by atoms with Crippen molar-refractivity contribution in [3.8, 4) is 0 Å². The molecule has 1 aliphatic rings. The third kappa shape index (κ3) is 3.89. The molecule has 2 rings (SSSR count). The molecule has 0 unspecified atom stereocenters. The van der Waals surface area contributed by atoms with Crippen molar-refractivity contribution in [2.75, 3.05) is 24.1 Å². The van der Waals surface area contributed by atoms with Crippen molar-refractivity contribution in [1.82, 2.24) is 14.9 Å². The average Bonchev–Trinajstić information content (AvgIpc) is 2.75. The summed E-state index contributed by atoms with van der Waals surface area (Å²) >= 11 is 6.01. The Kier molecular flexibility index (Phi) is 4.62. The molecule has 0 bridgehead atoms. The van der Waals surface area contributed by atoms with E-state index >= 15 is 0 Å². The molecule has 1 saturated heterocycles. The summed E-state index contributed by atoms with van der Waals surface area (Å²) in [6.07, 6.45) is 0.0418. The fraction of sp³-hybridized carbons (Fsp3) is 0.615. The van der Waals surface area contributed by atoms with Crippen LogP contribution in [0.25, 0.3) is 0 Å². The number of halogens is 1. The van der Waals surface area contributed by atoms with Gasteiger partial charge in [0.05, 0.1) is 18.7 Å². The third-order valence-corrected chi connectivity index (χ3v) is 3.45. The van der Waals surface area contributed by atoms with E-state index in [0.717, 1.165) is 0 Å². The number of rotatable bonds is 2. The molecular formula is C13H20ClN5O3. The Labute approximate surface area is 133 Å². The number of ether oxygens (including phenoxy) is 1. The smallest absolute Gasteiger partial charge is 0.410 e. The average molecular weight is 330 g/mol. The molecule has 1 aliphatic heterocycles. The predicted octanol–water partition coefficient (Wildman–Crippen LogP) is 1.10. The molecule has 0 saturated carbocycles. The van der Waals surface area contributed by atoms with Gasteiger partial charge in [0, 0.05) is 6.54 Å². The van der Waals surface area contributed by atoms with Gasteiger partial charge in [0.2, 0.25) is 0 Å². The van der Waals surface area contributed by atoms with Gasteiger partial charge in [0.15, 0.2) is 5.82 Å². The van der Waals surface area contributed by atoms with Crippen LogP contribution < -0.4 is 11.1 Å². The normalized spacial score (nSPS) is 21.8. The molecular weight excluding hydrogens is 310 g/mol. The first-order valence-corrected chi connectivity index (χ1v) is 7.23. The summed E-state index contributed by atoms with van der Waals surface area (Å²) in [7, 11) is 0. The van der Waals surface area contributed by atoms with Crippen LogP contribution >= 0.6 is 11.6 Å². The van der Waals surface area contributed by atoms with Crippen molar-refractivity contribution >= 4 is 29.3 Å². The first kappa shape index (κ1) is 16.6. The van der Waals surface area contributed by atoms with Gasteiger partial charge in [0.25, 0.3) is 0 Å². The number of aliphatic hydroxyl groups is 1. The maximum atomic E-state index is 12.0. The lowest BCUT2D eigenvalue weighted by Crippen LogP contribution is -2.36. The Morgan fingerprint density at radius 3 is 2.82 bits per heavy atom. The van der Waals surface area contributed by atoms with Gasteiger partial charge in [0.1, 0.15) is 22.8 Å². The van der Waals surface area contributed by atoms with E-state index in [1.807, 2.05) is 0 Å². The zero-order chi connectivity index (χ0) is 16.5. The second-order valence-electron chi connectivity index (χ2n) is 6.13. The van der Waals surface area contributed by atoms with Gasteiger partial charge >= 0.3 is 6.09 Å². The summed E-state index contributed by atoms with van der Waals surface area (Å²) in [4.78, 5) is 21.2. The van der Waals surface area contributed by atoms with Crippen molar-refractivity contribution in [1.29, 1.82) is 0 Å². The minimum Gasteiger partial charge on any atom is -0.444 e. The number of hydrogen-bond donors (Lipinski definition) is 3. The minimum atomic E-state index is -0.764. The van der Waals surface area contributed by atoms with Gasteiger partial charge in [-0.3, -0.25) is 0 Å². The van der Waals surface area contributed by atoms with Gasteiger partial charge in [-0.25, -0.2) is 14.8 Å². The number of carbonyl (C=O) groups excluding carboxylic acids is 1. The standard InChI is InChI=1S/C13H20ClN5O3/c1-13(2,3)22-12(21)19-4-7(8(20)5-19)18-11-9(14)10(15)16-6-17-11/h6-8,20H,4-5H2,1-3H3,(H3,15,16,17,18)/t7-,8+/m1/s1. The van der Waals surface area contributed by atoms with Crippen molar-refractivity contribution in [3.63, 3.8) is 0 Å². The number of hydrogen-bond acceptors (Lipinski definition) is 7. The molecule has 2 atom stereocenters. The summed E-state index contributed by atoms with van der Waals surface area (Å²) in [5.74, 6) is 0.472. The predicted molar refractivity (Wildman–Crippen MR) is 82.7 cm³/mol. The second-order valence-corrected chi connectivity index (χ2v) is 6.50. The highest BCUT2D eigenvalue weighted by Gasteiger charge is 2.36. The van der Waals surface area contributed by atoms with Crippen LogP contribution in [0.4, 0.5) is 16.4 Å². The van der Waals surface area contributed by atoms with E-state index in [9.17, 15) is 9.90 Å². The molecule has 8 nitrogen and oxygen atoms in total. The SMILES string of the molecule is CC(C)(C)OC(=O)N1C[C@H](O)[C@H](Nc2ncnc(N)c2Cl)C1. The van der Waals surface area contributed by atoms with E-state index in [1.165, 1.54) is 11.2 Å². The molecule has 9 heteroatoms. The molecule has 1 amide bonds. The number of likely N-dealkylation sites (tertiary alicyclic amines) is 1. The van der Waals surface area contributed by atoms with Crippen LogP contribution in [0.15, 0.2) is 6.33 Å². The number of β-amino-alcohol motifs (C(OH)–C–C–N with tert-alkyl or cyclic N) is 1. The van der Waals surface area contributed by atoms with Crippen LogP contribution in [0.5, 0.6) is 0 Å². The van der Waals surface area contributed by atoms with Crippen LogP contribution in [0.2, 0.25) is 5.02 Å². The highest BCUT2D eigenvalue weighted by Crippen LogP contribution is 2.26. The quantitative estimate of drug-likeness (QED) is 0.744. The number of carbonyl (C=O) groups is 1. The Balaban J connectivity index is 2.02. The molecule has 1 aromatic rings. The molecule has 22 heavy (non-hydrogen) atoms. The molecule has 1 aromatic heterocycles. The van der Waals surface area contributed by atoms with Crippen LogP contribution in [-0.4, -0.2) is 56.9 Å². The third-order valence-electron chi connectivity index (χ3n) is 3.08. The highest BCUT2D eigenvalue weighted by molar-refractivity contribution is 6.35. The van der Waals surface area contributed by atoms with Crippen LogP contribution in [0.3, 0.4) is 0 Å². The lowest BCUT2D eigenvalue weighted by Gasteiger charge is -2.24. The Morgan fingerprint density at radius 2 is 2.18 bits per heavy atom. The highest BCUT2D eigenvalue weighted by atomic mass is 35.5. The van der Waals surface area contributed by atoms with E-state index in [-0.39, 0.29) is 23.9 Å². The lowest BCUT2D eigenvalue weighted by molar-refractivity contribution is 0.0270. The van der Waals surface area contributed by atoms with Crippen LogP contribution in [0, 0.1) is 0 Å². The van der Waals surface area contributed by atoms with Gasteiger partial charge < -0.3 is 25.8 Å². The number of nitrogens with two attached hydrogens (primary N) is 1. The number of nitrogens with one attached hydrogen (secondary N) is 1. The van der Waals surface area contributed by atoms with E-state index < -0.39 is 23.8 Å². The van der Waals surface area contributed by atoms with Gasteiger partial charge in [-0.15, -0.1) is 0 Å². The van der Waals surface area contributed by atoms with Crippen molar-refractivity contribution in [2.24, 2.45) is 0 Å². The Hall–Kier alpha value is -1.80. The maximum absolute atomic E-state index is 12.0. The minimum absolute atomic E-state index is 0.149. The summed E-state index contributed by atoms with van der Waals surface area (Å²) in [5.41, 5.74) is 5.02. The summed E-state index contributed by atoms with van der Waals surface area (Å²) in [6.45, 7) is 5.81. The molecule has 4 N–H and O–H groups in total. The number of nitrogen functional groups attached to an aromatic ring is 1. The lowest BCUT2D eigenvalue weighted by atomic mass is 10.2. The van der Waals surface area contributed by atoms with Crippen molar-refractivity contribution in [2.45, 2.75) is 38.5 Å². The fourth-order valence-corrected chi connectivity index (χ4v) is 2.22. The first-order chi connectivity index (χ1) is 10.2. The monoisotopic (exact) mass is 329 g/mol. The zero-order valence-electron chi connectivity index (χ0n) is 12.7. The molecule has 122 valence electrons. The fourth-order valence-electron chi connectivity index (χ4n) is 2.06. The van der Waals surface area contributed by atoms with E-state index in [2.05, 4.69) is 15.3 Å². The number of amides is 1. The molecule has 0 aliphatic carbocycles. The Bertz CT molecular complexity index is 563. The maximum Gasteiger partial charge on any atom is 0.410 e. The Morgan fingerprint density at radius 1 is 1.50 bits per heavy atom. The van der Waals surface area contributed by atoms with E-state index in [1.54, 1.807) is 20.8 Å². The van der Waals surface area contributed by atoms with E-state index in [4.69, 9.17) is 22.1 Å².